The highest BCUT2D eigenvalue weighted by molar-refractivity contribution is 7.14. The van der Waals surface area contributed by atoms with Crippen LogP contribution in [0.3, 0.4) is 0 Å². The second kappa shape index (κ2) is 7.58. The van der Waals surface area contributed by atoms with Gasteiger partial charge in [-0.15, -0.1) is 11.3 Å². The standard InChI is InChI=1S/C22H25N3O4S/c23-18(26)17-19(25-20(30-17)14-6-7-14)29-16-10-22(11-16)8-15(9-22)24-21(27)28-12-13-4-2-1-3-5-13/h1-5,14-16H,6-12H2,(H2,23,26)(H,24,27). The van der Waals surface area contributed by atoms with Gasteiger partial charge in [-0.25, -0.2) is 9.78 Å². The van der Waals surface area contributed by atoms with E-state index in [4.69, 9.17) is 15.2 Å². The normalized spacial score (nSPS) is 27.1. The summed E-state index contributed by atoms with van der Waals surface area (Å²) in [6, 6.07) is 9.79. The molecule has 0 atom stereocenters. The van der Waals surface area contributed by atoms with Crippen molar-refractivity contribution in [2.24, 2.45) is 11.1 Å². The molecule has 3 aliphatic rings. The van der Waals surface area contributed by atoms with Crippen LogP contribution in [-0.4, -0.2) is 29.1 Å². The van der Waals surface area contributed by atoms with Crippen molar-refractivity contribution in [2.45, 2.75) is 63.2 Å². The van der Waals surface area contributed by atoms with E-state index in [0.29, 0.717) is 16.7 Å². The minimum Gasteiger partial charge on any atom is -0.473 e. The molecule has 5 rings (SSSR count). The third kappa shape index (κ3) is 4.01. The van der Waals surface area contributed by atoms with E-state index in [0.717, 1.165) is 49.1 Å². The Kier molecular flexibility index (Phi) is 4.89. The number of nitrogens with two attached hydrogens (primary N) is 1. The molecule has 3 N–H and O–H groups in total. The molecule has 0 aliphatic heterocycles. The Morgan fingerprint density at radius 1 is 1.17 bits per heavy atom. The van der Waals surface area contributed by atoms with E-state index in [9.17, 15) is 9.59 Å². The largest absolute Gasteiger partial charge is 0.473 e. The second-order valence-electron chi connectivity index (χ2n) is 8.78. The number of aromatic nitrogens is 1. The van der Waals surface area contributed by atoms with Gasteiger partial charge in [0.05, 0.1) is 0 Å². The Hall–Kier alpha value is -2.61. The highest BCUT2D eigenvalue weighted by Gasteiger charge is 2.54. The number of rotatable bonds is 7. The fraction of sp³-hybridized carbons (Fsp3) is 0.500. The maximum absolute atomic E-state index is 12.0. The Morgan fingerprint density at radius 2 is 1.90 bits per heavy atom. The molecule has 3 fully saturated rings. The fourth-order valence-electron chi connectivity index (χ4n) is 4.56. The lowest BCUT2D eigenvalue weighted by Gasteiger charge is -2.56. The van der Waals surface area contributed by atoms with E-state index in [2.05, 4.69) is 10.3 Å². The number of nitrogens with one attached hydrogen (secondary N) is 1. The van der Waals surface area contributed by atoms with Crippen molar-refractivity contribution < 1.29 is 19.1 Å². The summed E-state index contributed by atoms with van der Waals surface area (Å²) in [4.78, 5) is 28.7. The maximum Gasteiger partial charge on any atom is 0.407 e. The van der Waals surface area contributed by atoms with Crippen LogP contribution >= 0.6 is 11.3 Å². The van der Waals surface area contributed by atoms with Gasteiger partial charge in [0.15, 0.2) is 4.88 Å². The van der Waals surface area contributed by atoms with Gasteiger partial charge in [-0.3, -0.25) is 4.79 Å². The third-order valence-corrected chi connectivity index (χ3v) is 7.47. The minimum atomic E-state index is -0.467. The summed E-state index contributed by atoms with van der Waals surface area (Å²) in [6.07, 6.45) is 5.63. The molecule has 2 aromatic rings. The highest BCUT2D eigenvalue weighted by atomic mass is 32.1. The van der Waals surface area contributed by atoms with Crippen molar-refractivity contribution in [2.75, 3.05) is 0 Å². The molecule has 1 spiro atoms. The lowest BCUT2D eigenvalue weighted by atomic mass is 9.53. The van der Waals surface area contributed by atoms with Crippen LogP contribution in [0.25, 0.3) is 0 Å². The number of benzene rings is 1. The molecule has 7 nitrogen and oxygen atoms in total. The maximum atomic E-state index is 12.0. The van der Waals surface area contributed by atoms with Crippen LogP contribution in [0.15, 0.2) is 30.3 Å². The van der Waals surface area contributed by atoms with E-state index in [-0.39, 0.29) is 30.3 Å². The van der Waals surface area contributed by atoms with Gasteiger partial charge >= 0.3 is 6.09 Å². The monoisotopic (exact) mass is 427 g/mol. The van der Waals surface area contributed by atoms with Gasteiger partial charge in [0.1, 0.15) is 17.7 Å². The van der Waals surface area contributed by atoms with Crippen LogP contribution < -0.4 is 15.8 Å². The lowest BCUT2D eigenvalue weighted by Crippen LogP contribution is -2.58. The van der Waals surface area contributed by atoms with Crippen molar-refractivity contribution in [3.05, 3.63) is 45.8 Å². The molecule has 30 heavy (non-hydrogen) atoms. The van der Waals surface area contributed by atoms with Gasteiger partial charge in [-0.1, -0.05) is 30.3 Å². The van der Waals surface area contributed by atoms with Gasteiger partial charge in [0, 0.05) is 12.0 Å². The fourth-order valence-corrected chi connectivity index (χ4v) is 5.58. The molecule has 0 unspecified atom stereocenters. The summed E-state index contributed by atoms with van der Waals surface area (Å²) in [5.74, 6) is 0.413. The van der Waals surface area contributed by atoms with E-state index in [1.165, 1.54) is 11.3 Å². The summed E-state index contributed by atoms with van der Waals surface area (Å²) in [6.45, 7) is 0.277. The first-order valence-electron chi connectivity index (χ1n) is 10.4. The molecule has 0 saturated heterocycles. The number of nitrogens with zero attached hydrogens (tertiary/aromatic N) is 1. The van der Waals surface area contributed by atoms with Crippen LogP contribution in [0.2, 0.25) is 0 Å². The van der Waals surface area contributed by atoms with Crippen LogP contribution in [0.4, 0.5) is 4.79 Å². The van der Waals surface area contributed by atoms with Gasteiger partial charge in [-0.2, -0.15) is 0 Å². The molecule has 2 amide bonds. The molecule has 3 saturated carbocycles. The van der Waals surface area contributed by atoms with Crippen molar-refractivity contribution >= 4 is 23.3 Å². The number of primary amides is 1. The third-order valence-electron chi connectivity index (χ3n) is 6.26. The summed E-state index contributed by atoms with van der Waals surface area (Å²) >= 11 is 1.37. The minimum absolute atomic E-state index is 0.0586. The Labute approximate surface area is 179 Å². The van der Waals surface area contributed by atoms with Crippen molar-refractivity contribution in [1.82, 2.24) is 10.3 Å². The van der Waals surface area contributed by atoms with Gasteiger partial charge in [0.25, 0.3) is 5.91 Å². The van der Waals surface area contributed by atoms with Crippen molar-refractivity contribution in [3.63, 3.8) is 0 Å². The first-order chi connectivity index (χ1) is 14.5. The summed E-state index contributed by atoms with van der Waals surface area (Å²) in [5, 5.41) is 3.91. The van der Waals surface area contributed by atoms with Gasteiger partial charge < -0.3 is 20.5 Å². The first kappa shape index (κ1) is 19.4. The van der Waals surface area contributed by atoms with E-state index < -0.39 is 5.91 Å². The molecule has 3 aliphatic carbocycles. The first-order valence-corrected chi connectivity index (χ1v) is 11.3. The zero-order valence-corrected chi connectivity index (χ0v) is 17.5. The van der Waals surface area contributed by atoms with E-state index >= 15 is 0 Å². The van der Waals surface area contributed by atoms with Crippen LogP contribution in [0.5, 0.6) is 5.88 Å². The number of thiazole rings is 1. The topological polar surface area (TPSA) is 104 Å². The number of carbonyl (C=O) groups is 2. The molecule has 158 valence electrons. The quantitative estimate of drug-likeness (QED) is 0.701. The SMILES string of the molecule is NC(=O)c1sc(C2CC2)nc1OC1CC2(CC(NC(=O)OCc3ccccc3)C2)C1. The molecule has 1 heterocycles. The molecule has 8 heteroatoms. The van der Waals surface area contributed by atoms with Gasteiger partial charge in [-0.05, 0) is 49.5 Å². The predicted molar refractivity (Wildman–Crippen MR) is 111 cm³/mol. The second-order valence-corrected chi connectivity index (χ2v) is 9.81. The Bertz CT molecular complexity index is 943. The van der Waals surface area contributed by atoms with E-state index in [1.54, 1.807) is 0 Å². The molecular formula is C22H25N3O4S. The number of carbonyl (C=O) groups excluding carboxylic acids is 2. The zero-order valence-electron chi connectivity index (χ0n) is 16.6. The molecule has 1 aromatic heterocycles. The zero-order chi connectivity index (χ0) is 20.7. The Morgan fingerprint density at radius 3 is 2.57 bits per heavy atom. The van der Waals surface area contributed by atoms with Crippen LogP contribution in [0.1, 0.15) is 64.7 Å². The summed E-state index contributed by atoms with van der Waals surface area (Å²) < 4.78 is 11.3. The molecule has 1 aromatic carbocycles. The average molecular weight is 428 g/mol. The van der Waals surface area contributed by atoms with Crippen molar-refractivity contribution in [3.8, 4) is 5.88 Å². The smallest absolute Gasteiger partial charge is 0.407 e. The van der Waals surface area contributed by atoms with Crippen molar-refractivity contribution in [1.29, 1.82) is 0 Å². The predicted octanol–water partition coefficient (Wildman–Crippen LogP) is 3.74. The number of ether oxygens (including phenoxy) is 2. The van der Waals surface area contributed by atoms with E-state index in [1.807, 2.05) is 30.3 Å². The summed E-state index contributed by atoms with van der Waals surface area (Å²) in [5.41, 5.74) is 6.70. The lowest BCUT2D eigenvalue weighted by molar-refractivity contribution is -0.0855. The number of hydrogen-bond donors (Lipinski definition) is 2. The van der Waals surface area contributed by atoms with Gasteiger partial charge in [0.2, 0.25) is 5.88 Å². The number of hydrogen-bond acceptors (Lipinski definition) is 6. The number of alkyl carbamates (subject to hydrolysis) is 1. The Balaban J connectivity index is 1.06. The average Bonchev–Trinajstić information content (AvgIpc) is 3.44. The molecular weight excluding hydrogens is 402 g/mol. The van der Waals surface area contributed by atoms with Crippen LogP contribution in [0, 0.1) is 5.41 Å². The molecule has 0 bridgehead atoms. The summed E-state index contributed by atoms with van der Waals surface area (Å²) in [7, 11) is 0. The highest BCUT2D eigenvalue weighted by Crippen LogP contribution is 2.57. The van der Waals surface area contributed by atoms with Crippen LogP contribution in [-0.2, 0) is 11.3 Å². The number of amides is 2. The molecule has 0 radical (unpaired) electrons.